The maximum Gasteiger partial charge on any atom is 0.232 e. The van der Waals surface area contributed by atoms with E-state index in [2.05, 4.69) is 10.2 Å². The van der Waals surface area contributed by atoms with Crippen molar-refractivity contribution >= 4 is 17.7 Å². The third kappa shape index (κ3) is 4.13. The highest BCUT2D eigenvalue weighted by Gasteiger charge is 2.23. The largest absolute Gasteiger partial charge is 0.344 e. The molecule has 0 aliphatic carbocycles. The molecule has 0 saturated heterocycles. The number of nitrogen functional groups attached to an aromatic ring is 1. The van der Waals surface area contributed by atoms with Crippen molar-refractivity contribution in [1.82, 2.24) is 19.8 Å². The summed E-state index contributed by atoms with van der Waals surface area (Å²) in [5, 5.41) is 17.1. The summed E-state index contributed by atoms with van der Waals surface area (Å²) in [5.74, 6) is 6.77. The average molecular weight is 296 g/mol. The van der Waals surface area contributed by atoms with Gasteiger partial charge in [0.05, 0.1) is 18.2 Å². The summed E-state index contributed by atoms with van der Waals surface area (Å²) in [6.07, 6.45) is 0.328. The zero-order valence-electron chi connectivity index (χ0n) is 12.3. The molecule has 20 heavy (non-hydrogen) atoms. The normalized spacial score (nSPS) is 11.2. The first-order valence-electron chi connectivity index (χ1n) is 6.22. The summed E-state index contributed by atoms with van der Waals surface area (Å²) in [6, 6.07) is 2.01. The van der Waals surface area contributed by atoms with Crippen molar-refractivity contribution in [1.29, 1.82) is 5.26 Å². The molecule has 110 valence electrons. The number of nitrogens with two attached hydrogens (primary N) is 1. The lowest BCUT2D eigenvalue weighted by Gasteiger charge is -2.17. The van der Waals surface area contributed by atoms with Crippen LogP contribution in [0.1, 0.15) is 33.0 Å². The summed E-state index contributed by atoms with van der Waals surface area (Å²) < 4.78 is 1.42. The van der Waals surface area contributed by atoms with Crippen LogP contribution < -0.4 is 5.84 Å². The molecule has 1 aromatic rings. The molecule has 0 spiro atoms. The summed E-state index contributed by atoms with van der Waals surface area (Å²) >= 11 is 1.24. The van der Waals surface area contributed by atoms with Crippen molar-refractivity contribution in [2.45, 2.75) is 37.8 Å². The van der Waals surface area contributed by atoms with Gasteiger partial charge in [0.15, 0.2) is 5.82 Å². The number of carbonyl (C=O) groups is 1. The topological polar surface area (TPSA) is 101 Å². The number of thioether (sulfide) groups is 1. The van der Waals surface area contributed by atoms with Crippen LogP contribution in [0, 0.1) is 11.3 Å². The van der Waals surface area contributed by atoms with E-state index < -0.39 is 0 Å². The van der Waals surface area contributed by atoms with Gasteiger partial charge in [0.1, 0.15) is 0 Å². The predicted octanol–water partition coefficient (Wildman–Crippen LogP) is 0.754. The molecule has 1 aromatic heterocycles. The zero-order chi connectivity index (χ0) is 15.3. The number of nitrogens with zero attached hydrogens (tertiary/aromatic N) is 5. The Morgan fingerprint density at radius 3 is 2.65 bits per heavy atom. The Morgan fingerprint density at radius 2 is 2.15 bits per heavy atom. The fourth-order valence-electron chi connectivity index (χ4n) is 1.47. The second kappa shape index (κ2) is 6.61. The van der Waals surface area contributed by atoms with Gasteiger partial charge in [-0.2, -0.15) is 5.26 Å². The Bertz CT molecular complexity index is 513. The molecular formula is C12H20N6OS. The highest BCUT2D eigenvalue weighted by molar-refractivity contribution is 7.99. The summed E-state index contributed by atoms with van der Waals surface area (Å²) in [5.41, 5.74) is -0.200. The van der Waals surface area contributed by atoms with Gasteiger partial charge in [0.25, 0.3) is 0 Å². The quantitative estimate of drug-likeness (QED) is 0.635. The van der Waals surface area contributed by atoms with Crippen LogP contribution >= 0.6 is 11.8 Å². The van der Waals surface area contributed by atoms with Crippen LogP contribution in [0.15, 0.2) is 5.16 Å². The minimum Gasteiger partial charge on any atom is -0.344 e. The maximum atomic E-state index is 11.8. The molecule has 0 aliphatic rings. The first-order chi connectivity index (χ1) is 9.27. The molecule has 0 radical (unpaired) electrons. The van der Waals surface area contributed by atoms with Crippen molar-refractivity contribution in [3.63, 3.8) is 0 Å². The molecule has 1 rings (SSSR count). The van der Waals surface area contributed by atoms with Gasteiger partial charge in [-0.25, -0.2) is 4.68 Å². The van der Waals surface area contributed by atoms with Crippen LogP contribution in [0.2, 0.25) is 0 Å². The van der Waals surface area contributed by atoms with Crippen LogP contribution in [0.25, 0.3) is 0 Å². The molecule has 1 amide bonds. The second-order valence-electron chi connectivity index (χ2n) is 5.44. The van der Waals surface area contributed by atoms with Gasteiger partial charge >= 0.3 is 0 Å². The molecule has 0 aromatic carbocycles. The molecule has 0 aliphatic heterocycles. The van der Waals surface area contributed by atoms with Gasteiger partial charge < -0.3 is 10.7 Å². The minimum absolute atomic E-state index is 0.0643. The Morgan fingerprint density at radius 1 is 1.50 bits per heavy atom. The van der Waals surface area contributed by atoms with E-state index in [9.17, 15) is 4.79 Å². The van der Waals surface area contributed by atoms with Crippen molar-refractivity contribution in [3.8, 4) is 6.07 Å². The number of hydrogen-bond acceptors (Lipinski definition) is 6. The number of aromatic nitrogens is 3. The van der Waals surface area contributed by atoms with E-state index in [1.165, 1.54) is 21.3 Å². The van der Waals surface area contributed by atoms with Gasteiger partial charge in [-0.05, 0) is 0 Å². The summed E-state index contributed by atoms with van der Waals surface area (Å²) in [4.78, 5) is 13.4. The lowest BCUT2D eigenvalue weighted by molar-refractivity contribution is -0.127. The number of rotatable bonds is 5. The van der Waals surface area contributed by atoms with E-state index in [0.29, 0.717) is 23.9 Å². The number of carbonyl (C=O) groups excluding carboxylic acids is 1. The highest BCUT2D eigenvalue weighted by Crippen LogP contribution is 2.23. The molecule has 8 heteroatoms. The van der Waals surface area contributed by atoms with E-state index >= 15 is 0 Å². The molecular weight excluding hydrogens is 276 g/mol. The number of amides is 1. The fraction of sp³-hybridized carbons (Fsp3) is 0.667. The molecule has 1 heterocycles. The van der Waals surface area contributed by atoms with Crippen LogP contribution in [0.3, 0.4) is 0 Å². The van der Waals surface area contributed by atoms with E-state index in [0.717, 1.165) is 0 Å². The maximum absolute atomic E-state index is 11.8. The third-order valence-corrected chi connectivity index (χ3v) is 3.57. The molecule has 0 bridgehead atoms. The van der Waals surface area contributed by atoms with Crippen molar-refractivity contribution in [2.75, 3.05) is 25.2 Å². The Hall–Kier alpha value is -1.75. The van der Waals surface area contributed by atoms with Gasteiger partial charge in [0.2, 0.25) is 11.1 Å². The standard InChI is InChI=1S/C12H20N6OS/c1-12(2,3)10-15-16-11(18(10)14)20-8-9(19)17(4)7-5-6-13/h5,7-8,14H2,1-4H3. The van der Waals surface area contributed by atoms with E-state index in [1.807, 2.05) is 26.8 Å². The van der Waals surface area contributed by atoms with Crippen LogP contribution in [0.4, 0.5) is 0 Å². The van der Waals surface area contributed by atoms with Gasteiger partial charge in [0, 0.05) is 19.0 Å². The molecule has 0 atom stereocenters. The number of hydrogen-bond donors (Lipinski definition) is 1. The van der Waals surface area contributed by atoms with E-state index in [-0.39, 0.29) is 17.1 Å². The predicted molar refractivity (Wildman–Crippen MR) is 77.5 cm³/mol. The minimum atomic E-state index is -0.200. The average Bonchev–Trinajstić information content (AvgIpc) is 2.74. The molecule has 0 fully saturated rings. The van der Waals surface area contributed by atoms with Crippen molar-refractivity contribution in [3.05, 3.63) is 5.82 Å². The van der Waals surface area contributed by atoms with Crippen LogP contribution in [0.5, 0.6) is 0 Å². The lowest BCUT2D eigenvalue weighted by Crippen LogP contribution is -2.29. The van der Waals surface area contributed by atoms with Crippen LogP contribution in [-0.4, -0.2) is 45.0 Å². The molecule has 2 N–H and O–H groups in total. The van der Waals surface area contributed by atoms with E-state index in [1.54, 1.807) is 7.05 Å². The van der Waals surface area contributed by atoms with Gasteiger partial charge in [-0.15, -0.1) is 10.2 Å². The first-order valence-corrected chi connectivity index (χ1v) is 7.20. The zero-order valence-corrected chi connectivity index (χ0v) is 13.1. The monoisotopic (exact) mass is 296 g/mol. The first kappa shape index (κ1) is 16.3. The molecule has 0 unspecified atom stereocenters. The van der Waals surface area contributed by atoms with Crippen LogP contribution in [-0.2, 0) is 10.2 Å². The second-order valence-corrected chi connectivity index (χ2v) is 6.38. The van der Waals surface area contributed by atoms with Crippen molar-refractivity contribution < 1.29 is 4.79 Å². The smallest absolute Gasteiger partial charge is 0.232 e. The Kier molecular flexibility index (Phi) is 5.39. The van der Waals surface area contributed by atoms with Gasteiger partial charge in [-0.1, -0.05) is 32.5 Å². The van der Waals surface area contributed by atoms with E-state index in [4.69, 9.17) is 11.1 Å². The van der Waals surface area contributed by atoms with Crippen molar-refractivity contribution in [2.24, 2.45) is 0 Å². The Labute approximate surface area is 123 Å². The Balaban J connectivity index is 2.61. The van der Waals surface area contributed by atoms with Gasteiger partial charge in [-0.3, -0.25) is 4.79 Å². The number of nitriles is 1. The third-order valence-electron chi connectivity index (χ3n) is 2.64. The lowest BCUT2D eigenvalue weighted by atomic mass is 9.96. The molecule has 7 nitrogen and oxygen atoms in total. The summed E-state index contributed by atoms with van der Waals surface area (Å²) in [7, 11) is 1.67. The highest BCUT2D eigenvalue weighted by atomic mass is 32.2. The fourth-order valence-corrected chi connectivity index (χ4v) is 2.26. The SMILES string of the molecule is CN(CCC#N)C(=O)CSc1nnc(C(C)(C)C)n1N. The molecule has 0 saturated carbocycles. The summed E-state index contributed by atoms with van der Waals surface area (Å²) in [6.45, 7) is 6.42.